The molecule has 104 valence electrons. The summed E-state index contributed by atoms with van der Waals surface area (Å²) < 4.78 is 0. The van der Waals surface area contributed by atoms with Crippen LogP contribution in [0.4, 0.5) is 0 Å². The number of hydrogen-bond acceptors (Lipinski definition) is 2. The van der Waals surface area contributed by atoms with Gasteiger partial charge in [-0.2, -0.15) is 0 Å². The third-order valence-corrected chi connectivity index (χ3v) is 3.56. The molecule has 0 fully saturated rings. The van der Waals surface area contributed by atoms with E-state index in [-0.39, 0.29) is 5.56 Å². The number of benzene rings is 2. The highest BCUT2D eigenvalue weighted by atomic mass is 35.5. The quantitative estimate of drug-likeness (QED) is 0.761. The molecular weight excluding hydrogens is 307 g/mol. The maximum absolute atomic E-state index is 11.9. The van der Waals surface area contributed by atoms with E-state index in [2.05, 4.69) is 9.97 Å². The predicted molar refractivity (Wildman–Crippen MR) is 85.7 cm³/mol. The predicted octanol–water partition coefficient (Wildman–Crippen LogP) is 4.41. The van der Waals surface area contributed by atoms with Crippen molar-refractivity contribution >= 4 is 23.2 Å². The van der Waals surface area contributed by atoms with Gasteiger partial charge in [-0.25, -0.2) is 4.98 Å². The van der Waals surface area contributed by atoms with Crippen molar-refractivity contribution in [3.63, 3.8) is 0 Å². The third kappa shape index (κ3) is 2.99. The van der Waals surface area contributed by atoms with Crippen molar-refractivity contribution < 1.29 is 0 Å². The lowest BCUT2D eigenvalue weighted by Gasteiger charge is -2.07. The molecule has 5 heteroatoms. The number of hydrogen-bond donors (Lipinski definition) is 1. The van der Waals surface area contributed by atoms with Gasteiger partial charge in [0.25, 0.3) is 5.56 Å². The van der Waals surface area contributed by atoms with Crippen molar-refractivity contribution in [3.05, 3.63) is 75.0 Å². The van der Waals surface area contributed by atoms with Gasteiger partial charge < -0.3 is 4.98 Å². The summed E-state index contributed by atoms with van der Waals surface area (Å²) in [7, 11) is 0. The second kappa shape index (κ2) is 5.72. The Balaban J connectivity index is 2.19. The Labute approximate surface area is 131 Å². The fourth-order valence-electron chi connectivity index (χ4n) is 2.02. The normalized spacial score (nSPS) is 10.6. The molecule has 0 spiro atoms. The number of nitrogens with one attached hydrogen (secondary N) is 1. The number of aromatic nitrogens is 2. The summed E-state index contributed by atoms with van der Waals surface area (Å²) in [5, 5.41) is 1.04. The lowest BCUT2D eigenvalue weighted by atomic mass is 10.1. The minimum absolute atomic E-state index is 0.241. The van der Waals surface area contributed by atoms with Crippen molar-refractivity contribution in [1.82, 2.24) is 9.97 Å². The summed E-state index contributed by atoms with van der Waals surface area (Å²) in [4.78, 5) is 19.1. The molecule has 3 rings (SSSR count). The second-order valence-corrected chi connectivity index (χ2v) is 5.31. The summed E-state index contributed by atoms with van der Waals surface area (Å²) in [5.74, 6) is 0.495. The molecule has 0 bridgehead atoms. The highest BCUT2D eigenvalue weighted by molar-refractivity contribution is 6.35. The Morgan fingerprint density at radius 2 is 1.71 bits per heavy atom. The van der Waals surface area contributed by atoms with Crippen LogP contribution in [0.15, 0.2) is 59.4 Å². The lowest BCUT2D eigenvalue weighted by Crippen LogP contribution is -2.08. The first kappa shape index (κ1) is 13.9. The Morgan fingerprint density at radius 3 is 2.48 bits per heavy atom. The van der Waals surface area contributed by atoms with E-state index in [0.717, 1.165) is 5.56 Å². The van der Waals surface area contributed by atoms with Crippen LogP contribution in [0.25, 0.3) is 22.6 Å². The molecule has 0 saturated heterocycles. The van der Waals surface area contributed by atoms with Crippen LogP contribution >= 0.6 is 23.2 Å². The topological polar surface area (TPSA) is 45.8 Å². The van der Waals surface area contributed by atoms with Crippen LogP contribution < -0.4 is 5.56 Å². The zero-order chi connectivity index (χ0) is 14.8. The van der Waals surface area contributed by atoms with Crippen LogP contribution in [-0.2, 0) is 0 Å². The largest absolute Gasteiger partial charge is 0.306 e. The first-order valence-corrected chi connectivity index (χ1v) is 7.01. The molecular formula is C16H10Cl2N2O. The molecule has 1 heterocycles. The molecule has 1 N–H and O–H groups in total. The zero-order valence-corrected chi connectivity index (χ0v) is 12.3. The van der Waals surface area contributed by atoms with Crippen molar-refractivity contribution in [1.29, 1.82) is 0 Å². The first-order valence-electron chi connectivity index (χ1n) is 6.26. The van der Waals surface area contributed by atoms with Gasteiger partial charge in [0.1, 0.15) is 5.82 Å². The molecule has 0 aliphatic carbocycles. The van der Waals surface area contributed by atoms with E-state index in [9.17, 15) is 4.79 Å². The Morgan fingerprint density at radius 1 is 0.952 bits per heavy atom. The highest BCUT2D eigenvalue weighted by Gasteiger charge is 2.09. The van der Waals surface area contributed by atoms with Crippen LogP contribution in [0.2, 0.25) is 10.0 Å². The van der Waals surface area contributed by atoms with Gasteiger partial charge >= 0.3 is 0 Å². The van der Waals surface area contributed by atoms with Gasteiger partial charge in [-0.3, -0.25) is 4.79 Å². The summed E-state index contributed by atoms with van der Waals surface area (Å²) >= 11 is 12.2. The van der Waals surface area contributed by atoms with Crippen molar-refractivity contribution in [2.24, 2.45) is 0 Å². The van der Waals surface area contributed by atoms with Gasteiger partial charge in [0, 0.05) is 22.2 Å². The number of H-pyrrole nitrogens is 1. The molecule has 3 aromatic rings. The smallest absolute Gasteiger partial charge is 0.251 e. The molecule has 0 saturated carbocycles. The first-order chi connectivity index (χ1) is 10.1. The fraction of sp³-hybridized carbons (Fsp3) is 0. The van der Waals surface area contributed by atoms with Gasteiger partial charge in [-0.05, 0) is 18.2 Å². The minimum Gasteiger partial charge on any atom is -0.306 e. The number of aromatic amines is 1. The SMILES string of the molecule is O=c1cc(-c2cc(Cl)ccc2Cl)nc(-c2ccccc2)[nH]1. The highest BCUT2D eigenvalue weighted by Crippen LogP contribution is 2.29. The van der Waals surface area contributed by atoms with Gasteiger partial charge in [0.15, 0.2) is 0 Å². The fourth-order valence-corrected chi connectivity index (χ4v) is 2.41. The molecule has 21 heavy (non-hydrogen) atoms. The number of rotatable bonds is 2. The van der Waals surface area contributed by atoms with E-state index in [1.807, 2.05) is 30.3 Å². The lowest BCUT2D eigenvalue weighted by molar-refractivity contribution is 1.13. The Kier molecular flexibility index (Phi) is 3.78. The van der Waals surface area contributed by atoms with Gasteiger partial charge in [-0.1, -0.05) is 53.5 Å². The van der Waals surface area contributed by atoms with E-state index in [4.69, 9.17) is 23.2 Å². The summed E-state index contributed by atoms with van der Waals surface area (Å²) in [5.41, 5.74) is 1.71. The molecule has 0 amide bonds. The van der Waals surface area contributed by atoms with Crippen LogP contribution in [0.3, 0.4) is 0 Å². The standard InChI is InChI=1S/C16H10Cl2N2O/c17-11-6-7-13(18)12(8-11)14-9-15(21)20-16(19-14)10-4-2-1-3-5-10/h1-9H,(H,19,20,21). The monoisotopic (exact) mass is 316 g/mol. The van der Waals surface area contributed by atoms with Crippen LogP contribution in [0, 0.1) is 0 Å². The Hall–Kier alpha value is -2.10. The maximum Gasteiger partial charge on any atom is 0.251 e. The summed E-state index contributed by atoms with van der Waals surface area (Å²) in [6.45, 7) is 0. The van der Waals surface area contributed by atoms with E-state index in [1.54, 1.807) is 18.2 Å². The van der Waals surface area contributed by atoms with Gasteiger partial charge in [-0.15, -0.1) is 0 Å². The average molecular weight is 317 g/mol. The molecule has 0 atom stereocenters. The third-order valence-electron chi connectivity index (χ3n) is 2.99. The second-order valence-electron chi connectivity index (χ2n) is 4.47. The Bertz CT molecular complexity index is 844. The molecule has 1 aromatic heterocycles. The van der Waals surface area contributed by atoms with Gasteiger partial charge in [0.2, 0.25) is 0 Å². The van der Waals surface area contributed by atoms with Crippen molar-refractivity contribution in [2.75, 3.05) is 0 Å². The van der Waals surface area contributed by atoms with E-state index in [0.29, 0.717) is 27.1 Å². The van der Waals surface area contributed by atoms with E-state index < -0.39 is 0 Å². The number of halogens is 2. The molecule has 0 aliphatic heterocycles. The van der Waals surface area contributed by atoms with Crippen LogP contribution in [0.5, 0.6) is 0 Å². The molecule has 0 radical (unpaired) electrons. The number of nitrogens with zero attached hydrogens (tertiary/aromatic N) is 1. The van der Waals surface area contributed by atoms with Crippen molar-refractivity contribution in [3.8, 4) is 22.6 Å². The van der Waals surface area contributed by atoms with Crippen LogP contribution in [-0.4, -0.2) is 9.97 Å². The molecule has 0 aliphatic rings. The minimum atomic E-state index is -0.241. The summed E-state index contributed by atoms with van der Waals surface area (Å²) in [6, 6.07) is 15.9. The van der Waals surface area contributed by atoms with Gasteiger partial charge in [0.05, 0.1) is 10.7 Å². The van der Waals surface area contributed by atoms with E-state index in [1.165, 1.54) is 6.07 Å². The zero-order valence-electron chi connectivity index (χ0n) is 10.8. The molecule has 0 unspecified atom stereocenters. The van der Waals surface area contributed by atoms with Crippen LogP contribution in [0.1, 0.15) is 0 Å². The summed E-state index contributed by atoms with van der Waals surface area (Å²) in [6.07, 6.45) is 0. The molecule has 2 aromatic carbocycles. The molecule has 3 nitrogen and oxygen atoms in total. The average Bonchev–Trinajstić information content (AvgIpc) is 2.50. The van der Waals surface area contributed by atoms with Crippen molar-refractivity contribution in [2.45, 2.75) is 0 Å². The van der Waals surface area contributed by atoms with E-state index >= 15 is 0 Å². The maximum atomic E-state index is 11.9.